The lowest BCUT2D eigenvalue weighted by Gasteiger charge is -1.89. The highest BCUT2D eigenvalue weighted by molar-refractivity contribution is 5.47. The largest absolute Gasteiger partial charge is 0.257 e. The quantitative estimate of drug-likeness (QED) is 0.583. The zero-order valence-corrected chi connectivity index (χ0v) is 6.62. The number of pyridine rings is 1. The topological polar surface area (TPSA) is 12.9 Å². The molecule has 0 bridgehead atoms. The second kappa shape index (κ2) is 3.71. The Kier molecular flexibility index (Phi) is 2.61. The number of rotatable bonds is 2. The number of allylic oxidation sites excluding steroid dienone is 2. The van der Waals surface area contributed by atoms with Crippen molar-refractivity contribution in [3.63, 3.8) is 0 Å². The van der Waals surface area contributed by atoms with Crippen molar-refractivity contribution in [1.82, 2.24) is 4.98 Å². The summed E-state index contributed by atoms with van der Waals surface area (Å²) in [4.78, 5) is 4.12. The van der Waals surface area contributed by atoms with Crippen LogP contribution in [0.4, 0.5) is 0 Å². The fourth-order valence-electron chi connectivity index (χ4n) is 0.702. The first-order chi connectivity index (χ1) is 5.29. The van der Waals surface area contributed by atoms with Gasteiger partial charge >= 0.3 is 0 Å². The van der Waals surface area contributed by atoms with E-state index in [0.29, 0.717) is 0 Å². The molecule has 56 valence electrons. The Hall–Kier alpha value is -1.37. The van der Waals surface area contributed by atoms with Crippen LogP contribution >= 0.6 is 0 Å². The molecular weight excluding hydrogens is 134 g/mol. The summed E-state index contributed by atoms with van der Waals surface area (Å²) in [5.41, 5.74) is 2.01. The first-order valence-corrected chi connectivity index (χ1v) is 3.53. The summed E-state index contributed by atoms with van der Waals surface area (Å²) in [6.07, 6.45) is 5.67. The van der Waals surface area contributed by atoms with Gasteiger partial charge in [0.05, 0.1) is 5.69 Å². The molecule has 0 atom stereocenters. The molecule has 0 aromatic carbocycles. The van der Waals surface area contributed by atoms with Gasteiger partial charge in [-0.15, -0.1) is 0 Å². The van der Waals surface area contributed by atoms with Crippen LogP contribution in [-0.4, -0.2) is 4.98 Å². The highest BCUT2D eigenvalue weighted by Gasteiger charge is 1.82. The van der Waals surface area contributed by atoms with Crippen LogP contribution < -0.4 is 0 Å². The number of nitrogens with zero attached hydrogens (tertiary/aromatic N) is 1. The molecule has 1 aromatic heterocycles. The predicted octanol–water partition coefficient (Wildman–Crippen LogP) is 2.67. The van der Waals surface area contributed by atoms with E-state index in [9.17, 15) is 0 Å². The van der Waals surface area contributed by atoms with Gasteiger partial charge in [0.15, 0.2) is 0 Å². The van der Waals surface area contributed by atoms with Crippen LogP contribution in [-0.2, 0) is 0 Å². The number of aromatic nitrogens is 1. The minimum Gasteiger partial charge on any atom is -0.257 e. The lowest BCUT2D eigenvalue weighted by molar-refractivity contribution is 1.29. The maximum Gasteiger partial charge on any atom is 0.0629 e. The maximum atomic E-state index is 4.12. The van der Waals surface area contributed by atoms with Crippen LogP contribution in [0, 0.1) is 0 Å². The molecule has 0 fully saturated rings. The Labute approximate surface area is 67.1 Å². The predicted molar refractivity (Wildman–Crippen MR) is 48.1 cm³/mol. The first kappa shape index (κ1) is 7.73. The molecule has 0 aliphatic carbocycles. The molecule has 0 N–H and O–H groups in total. The first-order valence-electron chi connectivity index (χ1n) is 3.53. The van der Waals surface area contributed by atoms with E-state index in [1.807, 2.05) is 37.3 Å². The van der Waals surface area contributed by atoms with Crippen molar-refractivity contribution >= 4 is 6.08 Å². The third-order valence-electron chi connectivity index (χ3n) is 1.23. The van der Waals surface area contributed by atoms with Gasteiger partial charge < -0.3 is 0 Å². The van der Waals surface area contributed by atoms with E-state index in [1.165, 1.54) is 0 Å². The minimum atomic E-state index is 0.968. The van der Waals surface area contributed by atoms with Gasteiger partial charge in [0.2, 0.25) is 0 Å². The van der Waals surface area contributed by atoms with Gasteiger partial charge in [-0.05, 0) is 25.1 Å². The van der Waals surface area contributed by atoms with Gasteiger partial charge in [-0.3, -0.25) is 4.98 Å². The average Bonchev–Trinajstić information content (AvgIpc) is 2.03. The van der Waals surface area contributed by atoms with Crippen molar-refractivity contribution in [1.29, 1.82) is 0 Å². The third-order valence-corrected chi connectivity index (χ3v) is 1.23. The average molecular weight is 145 g/mol. The Morgan fingerprint density at radius 2 is 2.36 bits per heavy atom. The van der Waals surface area contributed by atoms with E-state index in [1.54, 1.807) is 6.20 Å². The van der Waals surface area contributed by atoms with Gasteiger partial charge in [0.1, 0.15) is 0 Å². The SMILES string of the molecule is C=C(C)C=Cc1ccccn1. The summed E-state index contributed by atoms with van der Waals surface area (Å²) in [6.45, 7) is 5.71. The molecule has 1 heterocycles. The van der Waals surface area contributed by atoms with E-state index >= 15 is 0 Å². The molecule has 1 aromatic rings. The lowest BCUT2D eigenvalue weighted by atomic mass is 10.2. The van der Waals surface area contributed by atoms with Crippen molar-refractivity contribution in [3.05, 3.63) is 48.3 Å². The second-order valence-electron chi connectivity index (χ2n) is 2.43. The summed E-state index contributed by atoms with van der Waals surface area (Å²) in [7, 11) is 0. The van der Waals surface area contributed by atoms with E-state index < -0.39 is 0 Å². The van der Waals surface area contributed by atoms with Crippen LogP contribution in [0.5, 0.6) is 0 Å². The third kappa shape index (κ3) is 2.80. The van der Waals surface area contributed by atoms with Crippen molar-refractivity contribution in [2.75, 3.05) is 0 Å². The molecule has 0 amide bonds. The second-order valence-corrected chi connectivity index (χ2v) is 2.43. The molecular formula is C10H11N. The molecule has 0 aliphatic rings. The van der Waals surface area contributed by atoms with E-state index in [4.69, 9.17) is 0 Å². The highest BCUT2D eigenvalue weighted by Crippen LogP contribution is 1.99. The summed E-state index contributed by atoms with van der Waals surface area (Å²) in [6, 6.07) is 5.82. The van der Waals surface area contributed by atoms with Crippen LogP contribution in [0.2, 0.25) is 0 Å². The fourth-order valence-corrected chi connectivity index (χ4v) is 0.702. The van der Waals surface area contributed by atoms with Gasteiger partial charge in [-0.2, -0.15) is 0 Å². The Morgan fingerprint density at radius 1 is 1.55 bits per heavy atom. The Bertz CT molecular complexity index is 259. The summed E-state index contributed by atoms with van der Waals surface area (Å²) < 4.78 is 0. The molecule has 1 nitrogen and oxygen atoms in total. The van der Waals surface area contributed by atoms with E-state index in [-0.39, 0.29) is 0 Å². The van der Waals surface area contributed by atoms with Crippen LogP contribution in [0.1, 0.15) is 12.6 Å². The molecule has 0 aliphatic heterocycles. The number of hydrogen-bond acceptors (Lipinski definition) is 1. The summed E-state index contributed by atoms with van der Waals surface area (Å²) >= 11 is 0. The van der Waals surface area contributed by atoms with Crippen molar-refractivity contribution in [3.8, 4) is 0 Å². The molecule has 0 saturated carbocycles. The summed E-state index contributed by atoms with van der Waals surface area (Å²) in [5, 5.41) is 0. The highest BCUT2D eigenvalue weighted by atomic mass is 14.6. The monoisotopic (exact) mass is 145 g/mol. The van der Waals surface area contributed by atoms with Gasteiger partial charge in [-0.1, -0.05) is 24.3 Å². The van der Waals surface area contributed by atoms with Crippen molar-refractivity contribution in [2.45, 2.75) is 6.92 Å². The maximum absolute atomic E-state index is 4.12. The molecule has 0 unspecified atom stereocenters. The van der Waals surface area contributed by atoms with E-state index in [0.717, 1.165) is 11.3 Å². The van der Waals surface area contributed by atoms with Crippen molar-refractivity contribution < 1.29 is 0 Å². The van der Waals surface area contributed by atoms with Crippen LogP contribution in [0.15, 0.2) is 42.6 Å². The lowest BCUT2D eigenvalue weighted by Crippen LogP contribution is -1.75. The zero-order chi connectivity index (χ0) is 8.10. The van der Waals surface area contributed by atoms with Gasteiger partial charge in [0, 0.05) is 6.20 Å². The normalized spacial score (nSPS) is 10.3. The van der Waals surface area contributed by atoms with Crippen molar-refractivity contribution in [2.24, 2.45) is 0 Å². The number of hydrogen-bond donors (Lipinski definition) is 0. The zero-order valence-electron chi connectivity index (χ0n) is 6.62. The minimum absolute atomic E-state index is 0.968. The molecule has 1 rings (SSSR count). The van der Waals surface area contributed by atoms with Crippen LogP contribution in [0.3, 0.4) is 0 Å². The Balaban J connectivity index is 2.72. The standard InChI is InChI=1S/C10H11N/c1-9(2)6-7-10-5-3-4-8-11-10/h3-8H,1H2,2H3. The Morgan fingerprint density at radius 3 is 2.91 bits per heavy atom. The molecule has 0 radical (unpaired) electrons. The van der Waals surface area contributed by atoms with Crippen LogP contribution in [0.25, 0.3) is 6.08 Å². The molecule has 1 heteroatoms. The fraction of sp³-hybridized carbons (Fsp3) is 0.100. The summed E-state index contributed by atoms with van der Waals surface area (Å²) in [5.74, 6) is 0. The van der Waals surface area contributed by atoms with Gasteiger partial charge in [0.25, 0.3) is 0 Å². The molecule has 0 spiro atoms. The molecule has 11 heavy (non-hydrogen) atoms. The molecule has 0 saturated heterocycles. The smallest absolute Gasteiger partial charge is 0.0629 e. The van der Waals surface area contributed by atoms with E-state index in [2.05, 4.69) is 11.6 Å². The van der Waals surface area contributed by atoms with Gasteiger partial charge in [-0.25, -0.2) is 0 Å².